The van der Waals surface area contributed by atoms with Crippen LogP contribution in [0.25, 0.3) is 5.52 Å². The van der Waals surface area contributed by atoms with E-state index in [1.54, 1.807) is 17.0 Å². The van der Waals surface area contributed by atoms with Crippen molar-refractivity contribution in [3.05, 3.63) is 46.8 Å². The molecular weight excluding hydrogens is 439 g/mol. The Morgan fingerprint density at radius 2 is 2.18 bits per heavy atom. The summed E-state index contributed by atoms with van der Waals surface area (Å²) >= 11 is 0. The first kappa shape index (κ1) is 21.1. The highest BCUT2D eigenvalue weighted by Crippen LogP contribution is 2.35. The molecule has 3 aromatic rings. The summed E-state index contributed by atoms with van der Waals surface area (Å²) in [5.41, 5.74) is 3.95. The lowest BCUT2D eigenvalue weighted by atomic mass is 9.96. The minimum Gasteiger partial charge on any atom is -0.390 e. The van der Waals surface area contributed by atoms with Gasteiger partial charge in [0.2, 0.25) is 5.91 Å². The predicted molar refractivity (Wildman–Crippen MR) is 119 cm³/mol. The number of piperidine rings is 1. The lowest BCUT2D eigenvalue weighted by Crippen LogP contribution is -2.55. The van der Waals surface area contributed by atoms with E-state index < -0.39 is 11.9 Å². The van der Waals surface area contributed by atoms with Crippen LogP contribution >= 0.6 is 0 Å². The quantitative estimate of drug-likeness (QED) is 0.575. The van der Waals surface area contributed by atoms with E-state index in [9.17, 15) is 19.6 Å². The Balaban J connectivity index is 1.35. The number of β-amino-alcohol motifs (C(OH)–C–C–N with tert-alkyl or cyclic N) is 1. The summed E-state index contributed by atoms with van der Waals surface area (Å²) in [5.74, 6) is -0.478. The number of pyridine rings is 1. The van der Waals surface area contributed by atoms with Gasteiger partial charge in [-0.05, 0) is 32.0 Å². The van der Waals surface area contributed by atoms with Gasteiger partial charge in [-0.3, -0.25) is 9.48 Å². The van der Waals surface area contributed by atoms with Gasteiger partial charge in [-0.2, -0.15) is 15.5 Å². The summed E-state index contributed by atoms with van der Waals surface area (Å²) in [6.07, 6.45) is 1.49. The molecule has 0 aromatic carbocycles. The second-order valence-electron chi connectivity index (χ2n) is 9.34. The number of fused-ring (bicyclic) bond motifs is 4. The molecule has 1 fully saturated rings. The minimum absolute atomic E-state index is 0.00150. The fraction of sp³-hybridized carbons (Fsp3) is 0.478. The number of hydrogen-bond acceptors (Lipinski definition) is 7. The van der Waals surface area contributed by atoms with Gasteiger partial charge in [0.15, 0.2) is 5.82 Å². The fourth-order valence-corrected chi connectivity index (χ4v) is 5.63. The van der Waals surface area contributed by atoms with Crippen LogP contribution in [0.15, 0.2) is 18.3 Å². The van der Waals surface area contributed by atoms with E-state index in [0.29, 0.717) is 38.3 Å². The van der Waals surface area contributed by atoms with E-state index in [1.807, 2.05) is 4.68 Å². The summed E-state index contributed by atoms with van der Waals surface area (Å²) in [5, 5.41) is 31.9. The molecule has 0 saturated carbocycles. The van der Waals surface area contributed by atoms with E-state index >= 15 is 0 Å². The number of aliphatic hydroxyl groups is 1. The van der Waals surface area contributed by atoms with Crippen molar-refractivity contribution in [3.63, 3.8) is 0 Å². The van der Waals surface area contributed by atoms with Crippen molar-refractivity contribution in [1.29, 1.82) is 5.26 Å². The smallest absolute Gasteiger partial charge is 0.227 e. The van der Waals surface area contributed by atoms with Crippen molar-refractivity contribution in [2.45, 2.75) is 51.0 Å². The Morgan fingerprint density at radius 1 is 1.32 bits per heavy atom. The summed E-state index contributed by atoms with van der Waals surface area (Å²) in [7, 11) is 0. The van der Waals surface area contributed by atoms with E-state index in [1.165, 1.54) is 4.52 Å². The van der Waals surface area contributed by atoms with E-state index in [4.69, 9.17) is 5.10 Å². The van der Waals surface area contributed by atoms with Crippen LogP contribution in [0, 0.1) is 17.1 Å². The highest BCUT2D eigenvalue weighted by molar-refractivity contribution is 5.82. The van der Waals surface area contributed by atoms with Crippen LogP contribution in [0.1, 0.15) is 42.0 Å². The molecule has 10 nitrogen and oxygen atoms in total. The minimum atomic E-state index is -0.588. The van der Waals surface area contributed by atoms with E-state index in [-0.39, 0.29) is 35.6 Å². The molecule has 2 N–H and O–H groups in total. The number of amides is 1. The average molecular weight is 465 g/mol. The number of aliphatic hydroxyl groups excluding tert-OH is 1. The van der Waals surface area contributed by atoms with Gasteiger partial charge in [0.05, 0.1) is 61.0 Å². The van der Waals surface area contributed by atoms with Crippen LogP contribution in [0.5, 0.6) is 0 Å². The lowest BCUT2D eigenvalue weighted by molar-refractivity contribution is -0.138. The van der Waals surface area contributed by atoms with Crippen molar-refractivity contribution < 1.29 is 14.3 Å². The van der Waals surface area contributed by atoms with Crippen molar-refractivity contribution in [2.75, 3.05) is 24.5 Å². The Morgan fingerprint density at radius 3 is 2.97 bits per heavy atom. The molecule has 1 saturated heterocycles. The van der Waals surface area contributed by atoms with Crippen molar-refractivity contribution in [2.24, 2.45) is 0 Å². The fourth-order valence-electron chi connectivity index (χ4n) is 5.63. The molecule has 3 aliphatic heterocycles. The van der Waals surface area contributed by atoms with Gasteiger partial charge < -0.3 is 20.2 Å². The van der Waals surface area contributed by atoms with Gasteiger partial charge in [0.1, 0.15) is 17.3 Å². The zero-order valence-corrected chi connectivity index (χ0v) is 18.8. The van der Waals surface area contributed by atoms with Crippen molar-refractivity contribution >= 4 is 17.1 Å². The molecule has 0 radical (unpaired) electrons. The molecular formula is C23H25FN8O2. The summed E-state index contributed by atoms with van der Waals surface area (Å²) in [4.78, 5) is 17.0. The second kappa shape index (κ2) is 7.78. The number of nitriles is 1. The highest BCUT2D eigenvalue weighted by atomic mass is 19.1. The molecule has 3 aromatic heterocycles. The SMILES string of the molecule is C[C@@H]1CN(c2ccc(C#N)n3ncc(F)c23)Cc2c3c(nn21)CN(C1CCNCC1O)C(=O)C3. The van der Waals surface area contributed by atoms with Gasteiger partial charge in [0.25, 0.3) is 0 Å². The number of anilines is 1. The molecule has 6 rings (SSSR count). The van der Waals surface area contributed by atoms with Gasteiger partial charge in [-0.15, -0.1) is 0 Å². The third-order valence-electron chi connectivity index (χ3n) is 7.28. The van der Waals surface area contributed by atoms with E-state index in [2.05, 4.69) is 28.3 Å². The molecule has 2 unspecified atom stereocenters. The van der Waals surface area contributed by atoms with Gasteiger partial charge >= 0.3 is 0 Å². The molecule has 0 spiro atoms. The number of halogens is 1. The topological polar surface area (TPSA) is 115 Å². The van der Waals surface area contributed by atoms with Gasteiger partial charge in [-0.25, -0.2) is 8.91 Å². The van der Waals surface area contributed by atoms with Crippen LogP contribution < -0.4 is 10.2 Å². The first-order chi connectivity index (χ1) is 16.5. The lowest BCUT2D eigenvalue weighted by Gasteiger charge is -2.39. The molecule has 3 aliphatic rings. The average Bonchev–Trinajstić information content (AvgIpc) is 3.39. The normalized spacial score (nSPS) is 24.8. The van der Waals surface area contributed by atoms with Crippen LogP contribution in [0.3, 0.4) is 0 Å². The summed E-state index contributed by atoms with van der Waals surface area (Å²) < 4.78 is 18.0. The zero-order valence-electron chi connectivity index (χ0n) is 18.8. The Bertz CT molecular complexity index is 1340. The molecule has 6 heterocycles. The number of nitrogens with one attached hydrogen (secondary N) is 1. The number of nitrogens with zero attached hydrogens (tertiary/aromatic N) is 7. The van der Waals surface area contributed by atoms with Crippen molar-refractivity contribution in [1.82, 2.24) is 29.6 Å². The number of rotatable bonds is 2. The second-order valence-corrected chi connectivity index (χ2v) is 9.34. The van der Waals surface area contributed by atoms with E-state index in [0.717, 1.165) is 29.7 Å². The number of hydrogen-bond donors (Lipinski definition) is 2. The van der Waals surface area contributed by atoms with Crippen LogP contribution in [0.2, 0.25) is 0 Å². The maximum absolute atomic E-state index is 14.7. The highest BCUT2D eigenvalue weighted by Gasteiger charge is 2.39. The third-order valence-corrected chi connectivity index (χ3v) is 7.28. The first-order valence-corrected chi connectivity index (χ1v) is 11.5. The van der Waals surface area contributed by atoms with Gasteiger partial charge in [-0.1, -0.05) is 0 Å². The molecule has 0 aliphatic carbocycles. The van der Waals surface area contributed by atoms with Crippen LogP contribution in [-0.2, 0) is 24.3 Å². The predicted octanol–water partition coefficient (Wildman–Crippen LogP) is 0.730. The summed E-state index contributed by atoms with van der Waals surface area (Å²) in [6, 6.07) is 5.26. The Labute approximate surface area is 195 Å². The monoisotopic (exact) mass is 464 g/mol. The maximum atomic E-state index is 14.7. The standard InChI is InChI=1S/C23H25FN8O2/c1-13-10-29(19-3-2-14(7-25)32-23(19)16(24)8-27-32)12-20-15-6-22(34)30(11-17(15)28-31(13)20)18-4-5-26-9-21(18)33/h2-3,8,13,18,21,26,33H,4-6,9-12H2,1H3/t13-,18?,21?/m1/s1. The number of aromatic nitrogens is 4. The molecule has 11 heteroatoms. The maximum Gasteiger partial charge on any atom is 0.227 e. The molecule has 0 bridgehead atoms. The molecule has 3 atom stereocenters. The number of carbonyl (C=O) groups is 1. The number of carbonyl (C=O) groups excluding carboxylic acids is 1. The zero-order chi connectivity index (χ0) is 23.6. The van der Waals surface area contributed by atoms with Crippen molar-refractivity contribution in [3.8, 4) is 6.07 Å². The Hall–Kier alpha value is -3.49. The van der Waals surface area contributed by atoms with Gasteiger partial charge in [0, 0.05) is 18.7 Å². The van der Waals surface area contributed by atoms with Crippen LogP contribution in [-0.4, -0.2) is 67.1 Å². The third kappa shape index (κ3) is 3.09. The first-order valence-electron chi connectivity index (χ1n) is 11.5. The molecule has 1 amide bonds. The molecule has 176 valence electrons. The Kier molecular flexibility index (Phi) is 4.82. The molecule has 34 heavy (non-hydrogen) atoms. The van der Waals surface area contributed by atoms with Crippen LogP contribution in [0.4, 0.5) is 10.1 Å². The largest absolute Gasteiger partial charge is 0.390 e. The summed E-state index contributed by atoms with van der Waals surface area (Å²) in [6.45, 7) is 4.77.